The second-order valence-electron chi connectivity index (χ2n) is 8.82. The Morgan fingerprint density at radius 3 is 1.42 bits per heavy atom. The number of hydrogen-bond acceptors (Lipinski definition) is 4. The third kappa shape index (κ3) is 3.54. The molecule has 144 valence electrons. The minimum atomic E-state index is -1.09. The number of epoxide rings is 2. The third-order valence-corrected chi connectivity index (χ3v) is 7.08. The van der Waals surface area contributed by atoms with Crippen molar-refractivity contribution in [3.63, 3.8) is 0 Å². The van der Waals surface area contributed by atoms with Crippen LogP contribution in [0, 0.1) is 23.7 Å². The fourth-order valence-corrected chi connectivity index (χ4v) is 5.14. The molecule has 4 fully saturated rings. The fraction of sp³-hybridized carbons (Fsp3) is 0.800. The highest BCUT2D eigenvalue weighted by molar-refractivity contribution is 5.98. The van der Waals surface area contributed by atoms with E-state index in [9.17, 15) is 19.8 Å². The van der Waals surface area contributed by atoms with Crippen molar-refractivity contribution in [1.29, 1.82) is 0 Å². The molecule has 2 saturated heterocycles. The van der Waals surface area contributed by atoms with Gasteiger partial charge in [0.05, 0.1) is 24.4 Å². The maximum absolute atomic E-state index is 11.9. The van der Waals surface area contributed by atoms with Gasteiger partial charge in [-0.05, 0) is 62.2 Å². The largest absolute Gasteiger partial charge is 0.478 e. The van der Waals surface area contributed by atoms with Crippen LogP contribution in [0.2, 0.25) is 0 Å². The molecule has 0 aromatic rings. The van der Waals surface area contributed by atoms with Gasteiger partial charge in [0.1, 0.15) is 0 Å². The van der Waals surface area contributed by atoms with E-state index in [1.54, 1.807) is 0 Å². The summed E-state index contributed by atoms with van der Waals surface area (Å²) in [6.45, 7) is 4.24. The first kappa shape index (κ1) is 18.0. The topological polar surface area (TPSA) is 99.7 Å². The third-order valence-electron chi connectivity index (χ3n) is 7.08. The molecule has 0 radical (unpaired) electrons. The summed E-state index contributed by atoms with van der Waals surface area (Å²) in [6.07, 6.45) is 5.42. The summed E-state index contributed by atoms with van der Waals surface area (Å²) in [7, 11) is 0. The van der Waals surface area contributed by atoms with Crippen molar-refractivity contribution in [2.75, 3.05) is 0 Å². The van der Waals surface area contributed by atoms with Crippen molar-refractivity contribution in [3.05, 3.63) is 11.1 Å². The van der Waals surface area contributed by atoms with Crippen LogP contribution in [0.1, 0.15) is 52.4 Å². The van der Waals surface area contributed by atoms with Gasteiger partial charge in [0.15, 0.2) is 0 Å². The SMILES string of the molecule is CC1CC2OC2CC1C/C(C(=O)O)=C(\CC1CC2OC2CC1C)C(=O)O. The summed E-state index contributed by atoms with van der Waals surface area (Å²) in [6, 6.07) is 0. The Kier molecular flexibility index (Phi) is 4.59. The predicted octanol–water partition coefficient (Wildman–Crippen LogP) is 2.86. The van der Waals surface area contributed by atoms with Crippen LogP contribution < -0.4 is 0 Å². The van der Waals surface area contributed by atoms with Gasteiger partial charge in [0, 0.05) is 11.1 Å². The number of carbonyl (C=O) groups is 2. The van der Waals surface area contributed by atoms with Gasteiger partial charge in [-0.15, -0.1) is 0 Å². The molecule has 0 bridgehead atoms. The smallest absolute Gasteiger partial charge is 0.332 e. The first-order chi connectivity index (χ1) is 12.3. The maximum atomic E-state index is 11.9. The van der Waals surface area contributed by atoms with Crippen LogP contribution in [0.5, 0.6) is 0 Å². The van der Waals surface area contributed by atoms with E-state index in [1.807, 2.05) is 0 Å². The zero-order chi connectivity index (χ0) is 18.6. The number of fused-ring (bicyclic) bond motifs is 2. The monoisotopic (exact) mass is 364 g/mol. The minimum absolute atomic E-state index is 0.0967. The summed E-state index contributed by atoms with van der Waals surface area (Å²) in [5.74, 6) is -1.09. The molecule has 0 amide bonds. The molecule has 6 heteroatoms. The van der Waals surface area contributed by atoms with Crippen LogP contribution in [0.25, 0.3) is 0 Å². The van der Waals surface area contributed by atoms with Crippen molar-refractivity contribution in [2.45, 2.75) is 76.8 Å². The van der Waals surface area contributed by atoms with Gasteiger partial charge >= 0.3 is 11.9 Å². The van der Waals surface area contributed by atoms with E-state index < -0.39 is 11.9 Å². The maximum Gasteiger partial charge on any atom is 0.332 e. The molecule has 8 atom stereocenters. The van der Waals surface area contributed by atoms with E-state index in [4.69, 9.17) is 9.47 Å². The number of ether oxygens (including phenoxy) is 2. The fourth-order valence-electron chi connectivity index (χ4n) is 5.14. The van der Waals surface area contributed by atoms with E-state index in [1.165, 1.54) is 0 Å². The Morgan fingerprint density at radius 2 is 1.08 bits per heavy atom. The lowest BCUT2D eigenvalue weighted by Gasteiger charge is -2.29. The van der Waals surface area contributed by atoms with E-state index in [2.05, 4.69) is 13.8 Å². The molecule has 2 heterocycles. The summed E-state index contributed by atoms with van der Waals surface area (Å²) in [5.41, 5.74) is 0.193. The molecule has 26 heavy (non-hydrogen) atoms. The summed E-state index contributed by atoms with van der Waals surface area (Å²) >= 11 is 0. The molecule has 0 aromatic heterocycles. The van der Waals surface area contributed by atoms with Crippen LogP contribution in [0.4, 0.5) is 0 Å². The van der Waals surface area contributed by atoms with Gasteiger partial charge in [-0.1, -0.05) is 13.8 Å². The highest BCUT2D eigenvalue weighted by atomic mass is 16.6. The highest BCUT2D eigenvalue weighted by Gasteiger charge is 2.49. The van der Waals surface area contributed by atoms with E-state index >= 15 is 0 Å². The van der Waals surface area contributed by atoms with Crippen molar-refractivity contribution >= 4 is 11.9 Å². The van der Waals surface area contributed by atoms with E-state index in [-0.39, 0.29) is 35.2 Å². The van der Waals surface area contributed by atoms with E-state index in [0.29, 0.717) is 36.9 Å². The van der Waals surface area contributed by atoms with Crippen LogP contribution in [0.3, 0.4) is 0 Å². The summed E-state index contributed by atoms with van der Waals surface area (Å²) < 4.78 is 11.2. The van der Waals surface area contributed by atoms with Crippen LogP contribution in [0.15, 0.2) is 11.1 Å². The highest BCUT2D eigenvalue weighted by Crippen LogP contribution is 2.47. The lowest BCUT2D eigenvalue weighted by molar-refractivity contribution is -0.136. The Bertz CT molecular complexity index is 586. The first-order valence-electron chi connectivity index (χ1n) is 9.83. The van der Waals surface area contributed by atoms with Crippen LogP contribution >= 0.6 is 0 Å². The lowest BCUT2D eigenvalue weighted by Crippen LogP contribution is -2.27. The Balaban J connectivity index is 1.53. The van der Waals surface area contributed by atoms with E-state index in [0.717, 1.165) is 25.7 Å². The van der Waals surface area contributed by atoms with Gasteiger partial charge in [0.25, 0.3) is 0 Å². The molecule has 2 aliphatic carbocycles. The van der Waals surface area contributed by atoms with Gasteiger partial charge in [-0.2, -0.15) is 0 Å². The molecule has 2 saturated carbocycles. The average Bonchev–Trinajstić information content (AvgIpc) is 3.45. The Labute approximate surface area is 153 Å². The standard InChI is InChI=1S/C20H28O6/c1-9-3-15-17(25-15)7-11(9)5-13(19(21)22)14(20(23)24)6-12-8-18-16(26-18)4-10(12)2/h9-12,15-18H,3-8H2,1-2H3,(H,21,22)(H,23,24)/b14-13-. The molecular weight excluding hydrogens is 336 g/mol. The molecule has 6 nitrogen and oxygen atoms in total. The van der Waals surface area contributed by atoms with Crippen molar-refractivity contribution in [1.82, 2.24) is 0 Å². The Morgan fingerprint density at radius 1 is 0.731 bits per heavy atom. The molecule has 2 aliphatic heterocycles. The van der Waals surface area contributed by atoms with Crippen molar-refractivity contribution < 1.29 is 29.3 Å². The predicted molar refractivity (Wildman–Crippen MR) is 92.6 cm³/mol. The minimum Gasteiger partial charge on any atom is -0.478 e. The molecular formula is C20H28O6. The van der Waals surface area contributed by atoms with Gasteiger partial charge in [-0.3, -0.25) is 0 Å². The zero-order valence-corrected chi connectivity index (χ0v) is 15.4. The number of carboxylic acid groups (broad SMARTS) is 2. The van der Waals surface area contributed by atoms with Crippen molar-refractivity contribution in [2.24, 2.45) is 23.7 Å². The normalized spacial score (nSPS) is 44.4. The first-order valence-corrected chi connectivity index (χ1v) is 9.83. The molecule has 0 aromatic carbocycles. The van der Waals surface area contributed by atoms with Crippen molar-refractivity contribution in [3.8, 4) is 0 Å². The number of hydrogen-bond donors (Lipinski definition) is 2. The number of carboxylic acids is 2. The Hall–Kier alpha value is -1.40. The molecule has 4 rings (SSSR count). The average molecular weight is 364 g/mol. The number of rotatable bonds is 6. The second kappa shape index (κ2) is 6.64. The lowest BCUT2D eigenvalue weighted by atomic mass is 9.74. The molecule has 4 aliphatic rings. The zero-order valence-electron chi connectivity index (χ0n) is 15.4. The second-order valence-corrected chi connectivity index (χ2v) is 8.82. The summed E-state index contributed by atoms with van der Waals surface area (Å²) in [4.78, 5) is 23.9. The van der Waals surface area contributed by atoms with Crippen LogP contribution in [-0.4, -0.2) is 46.6 Å². The number of aliphatic carboxylic acids is 2. The molecule has 0 spiro atoms. The molecule has 2 N–H and O–H groups in total. The van der Waals surface area contributed by atoms with Gasteiger partial charge < -0.3 is 19.7 Å². The van der Waals surface area contributed by atoms with Crippen LogP contribution in [-0.2, 0) is 19.1 Å². The van der Waals surface area contributed by atoms with Gasteiger partial charge in [0.2, 0.25) is 0 Å². The quantitative estimate of drug-likeness (QED) is 0.555. The molecule has 8 unspecified atom stereocenters. The summed E-state index contributed by atoms with van der Waals surface area (Å²) in [5, 5.41) is 19.5. The van der Waals surface area contributed by atoms with Gasteiger partial charge in [-0.25, -0.2) is 9.59 Å².